The van der Waals surface area contributed by atoms with Crippen molar-refractivity contribution in [3.63, 3.8) is 0 Å². The van der Waals surface area contributed by atoms with E-state index in [1.807, 2.05) is 77.9 Å². The molecule has 19 nitrogen and oxygen atoms in total. The van der Waals surface area contributed by atoms with Crippen molar-refractivity contribution in [1.82, 2.24) is 0 Å². The number of anilines is 11. The van der Waals surface area contributed by atoms with Crippen molar-refractivity contribution < 1.29 is 0 Å². The molecule has 0 radical (unpaired) electrons. The van der Waals surface area contributed by atoms with Gasteiger partial charge >= 0.3 is 0 Å². The lowest BCUT2D eigenvalue weighted by molar-refractivity contribution is 0.358. The van der Waals surface area contributed by atoms with Crippen LogP contribution in [-0.2, 0) is 32.1 Å². The van der Waals surface area contributed by atoms with Crippen molar-refractivity contribution in [2.45, 2.75) is 420 Å². The van der Waals surface area contributed by atoms with E-state index >= 15 is 0 Å². The van der Waals surface area contributed by atoms with Crippen molar-refractivity contribution >= 4 is 160 Å². The number of rotatable bonds is 53. The van der Waals surface area contributed by atoms with Crippen LogP contribution in [0.1, 0.15) is 416 Å². The lowest BCUT2D eigenvalue weighted by Gasteiger charge is -2.31. The highest BCUT2D eigenvalue weighted by molar-refractivity contribution is 7.72. The van der Waals surface area contributed by atoms with Crippen molar-refractivity contribution in [2.24, 2.45) is 43.3 Å². The van der Waals surface area contributed by atoms with Crippen LogP contribution in [-0.4, -0.2) is 129 Å². The molecule has 846 valence electrons. The van der Waals surface area contributed by atoms with Crippen LogP contribution in [0, 0.1) is 79.4 Å². The molecule has 0 fully saturated rings. The minimum Gasteiger partial charge on any atom is -0.385 e. The maximum Gasteiger partial charge on any atom is 0.224 e. The van der Waals surface area contributed by atoms with Gasteiger partial charge in [0.2, 0.25) is 43.4 Å². The highest BCUT2D eigenvalue weighted by atomic mass is 32.1. The van der Waals surface area contributed by atoms with Crippen molar-refractivity contribution in [1.29, 1.82) is 0 Å². The maximum atomic E-state index is 12.0. The van der Waals surface area contributed by atoms with Gasteiger partial charge in [-0.25, -0.2) is 0 Å². The molecule has 0 heterocycles. The topological polar surface area (TPSA) is 199 Å². The molecular weight excluding hydrogens is 2000 g/mol. The largest absolute Gasteiger partial charge is 0.385 e. The van der Waals surface area contributed by atoms with E-state index in [0.717, 1.165) is 234 Å². The third-order valence-corrected chi connectivity index (χ3v) is 31.0. The van der Waals surface area contributed by atoms with Gasteiger partial charge in [-0.3, -0.25) is 38.4 Å². The Morgan fingerprint density at radius 1 is 0.208 bits per heavy atom. The fourth-order valence-corrected chi connectivity index (χ4v) is 20.9. The lowest BCUT2D eigenvalue weighted by atomic mass is 9.89. The van der Waals surface area contributed by atoms with Crippen molar-refractivity contribution in [2.75, 3.05) is 184 Å². The van der Waals surface area contributed by atoms with E-state index in [0.29, 0.717) is 85.1 Å². The Morgan fingerprint density at radius 3 is 0.752 bits per heavy atom. The van der Waals surface area contributed by atoms with Gasteiger partial charge in [0.05, 0.1) is 68.0 Å². The summed E-state index contributed by atoms with van der Waals surface area (Å²) in [6, 6.07) is 0. The third kappa shape index (κ3) is 48.2. The first-order valence-corrected chi connectivity index (χ1v) is 59.4. The molecule has 0 aliphatic heterocycles. The Hall–Kier alpha value is -6.20. The maximum absolute atomic E-state index is 12.0. The van der Waals surface area contributed by atoms with Gasteiger partial charge in [0.25, 0.3) is 0 Å². The molecule has 0 atom stereocenters. The Kier molecular flexibility index (Phi) is 62.1. The highest BCUT2D eigenvalue weighted by Gasteiger charge is 2.30. The summed E-state index contributed by atoms with van der Waals surface area (Å²) >= 11 is 41.2. The molecule has 3 N–H and O–H groups in total. The molecule has 27 heteroatoms. The van der Waals surface area contributed by atoms with Gasteiger partial charge in [-0.1, -0.05) is 335 Å². The Balaban J connectivity index is 0.000000852. The zero-order valence-electron chi connectivity index (χ0n) is 101. The molecule has 0 aliphatic carbocycles. The summed E-state index contributed by atoms with van der Waals surface area (Å²) in [5, 5.41) is 8.99. The SMILES string of the molecule is CCN(C)c1c(CCCCCC(C)(C)C)c(=S)c1=O.CCN(C)c1c(N(C)CCCC(C)(C)C)c(=S)c1=O.CCN(CC)c1c(CCCCCC(C)(C)C)c(=S)c1=O.CCN(CC)c1c(N(C)CCCC(C)(C)C)c(=S)c1=O.CCNc1c(CCCCCC(C)(C)C)c(=S)c1=O.CN(C)c1c(CCCCCC(C)(C)C)c(=S)c1=O.CNc1c(CCCCCC(C)(C)C)c(=S)c1=O.CNc1c(N(C)CCCCC(C)(C)C)c(=S)c1=O. The van der Waals surface area contributed by atoms with Gasteiger partial charge in [-0.05, 0) is 227 Å². The number of hydrogen-bond acceptors (Lipinski definition) is 27. The quantitative estimate of drug-likeness (QED) is 0.0240. The average molecular weight is 2210 g/mol. The summed E-state index contributed by atoms with van der Waals surface area (Å²) in [7, 11) is 17.4. The molecule has 0 aromatic heterocycles. The second kappa shape index (κ2) is 65.7. The van der Waals surface area contributed by atoms with Crippen LogP contribution in [0.5, 0.6) is 0 Å². The predicted octanol–water partition coefficient (Wildman–Crippen LogP) is 31.3. The Labute approximate surface area is 945 Å². The van der Waals surface area contributed by atoms with Crippen LogP contribution < -0.4 is 98.6 Å². The standard InChI is InChI=1S/C17H29NOS.C16H28N2OS.C16H27NOS.C15H26N2OS.2C15H25NOS.C14H24N2OS.C14H23NOS/c1-6-18(7-2)14-13(16(20)15(14)19)11-9-8-10-12-17(3,4)5;1-7-18(8-2)12-13(15(20)14(12)19)17(6)11-9-10-16(3,4)5;1-6-17(5)13-12(15(19)14(13)18)10-8-7-9-11-16(2,3)4;1-7-16(5)11-12(14(19)13(11)18)17(6)10-8-9-15(2,3)4;1-15(2,3)10-8-6-7-9-11-12(16(4)5)13(17)14(11)18;1-5-16-12-11(14(18)13(12)17)9-7-6-8-10-15(2,3)4;1-14(2,3)8-6-7-9-16(5)11-10(15-4)12(17)13(11)18;1-14(2,3)9-7-5-6-8-10-11(15-4)12(16)13(10)17/h6-12H2,1-5H3;7-11H2,1-6H3;6-11H2,1-5H3;7-10H2,1-6H3;6-10H2,1-5H3;16H,5-10H2,1-4H3;15H,6-9H2,1-5H3;15H,5-9H2,1-4H3. The molecule has 0 amide bonds. The number of nitrogens with one attached hydrogen (secondary N) is 3. The fraction of sp³-hybridized carbons (Fsp3) is 0.738. The zero-order chi connectivity index (χ0) is 115. The van der Waals surface area contributed by atoms with Crippen LogP contribution in [0.4, 0.5) is 62.6 Å². The van der Waals surface area contributed by atoms with Gasteiger partial charge in [-0.2, -0.15) is 0 Å². The molecule has 0 unspecified atom stereocenters. The zero-order valence-corrected chi connectivity index (χ0v) is 108. The molecule has 149 heavy (non-hydrogen) atoms. The van der Waals surface area contributed by atoms with Gasteiger partial charge in [0.1, 0.15) is 30.6 Å². The van der Waals surface area contributed by atoms with Crippen LogP contribution in [0.2, 0.25) is 0 Å². The molecule has 0 saturated heterocycles. The molecule has 0 saturated carbocycles. The van der Waals surface area contributed by atoms with E-state index in [-0.39, 0.29) is 43.4 Å². The van der Waals surface area contributed by atoms with E-state index in [4.69, 9.17) is 97.7 Å². The van der Waals surface area contributed by atoms with E-state index in [2.05, 4.69) is 241 Å². The molecule has 0 spiro atoms. The molecule has 8 aromatic carbocycles. The minimum absolute atomic E-state index is 0.0205. The smallest absolute Gasteiger partial charge is 0.224 e. The lowest BCUT2D eigenvalue weighted by Crippen LogP contribution is -2.36. The van der Waals surface area contributed by atoms with E-state index < -0.39 is 0 Å². The summed E-state index contributed by atoms with van der Waals surface area (Å²) in [6.07, 6.45) is 37.3. The summed E-state index contributed by atoms with van der Waals surface area (Å²) in [4.78, 5) is 110. The normalized spacial score (nSPS) is 12.0. The Morgan fingerprint density at radius 2 is 0.436 bits per heavy atom. The van der Waals surface area contributed by atoms with Gasteiger partial charge < -0.3 is 55.1 Å². The van der Waals surface area contributed by atoms with Crippen LogP contribution in [0.25, 0.3) is 0 Å². The summed E-state index contributed by atoms with van der Waals surface area (Å²) in [5.41, 5.74) is 18.3. The van der Waals surface area contributed by atoms with Gasteiger partial charge in [-0.15, -0.1) is 0 Å². The highest BCUT2D eigenvalue weighted by Crippen LogP contribution is 2.37. The van der Waals surface area contributed by atoms with E-state index in [9.17, 15) is 38.4 Å². The number of nitrogens with zero attached hydrogens (tertiary/aromatic N) is 8. The molecule has 8 aromatic rings. The van der Waals surface area contributed by atoms with Gasteiger partial charge in [0, 0.05) is 157 Å². The first kappa shape index (κ1) is 141. The number of unbranched alkanes of at least 4 members (excludes halogenated alkanes) is 11. The van der Waals surface area contributed by atoms with E-state index in [1.165, 1.54) is 122 Å². The van der Waals surface area contributed by atoms with Crippen molar-refractivity contribution in [3.8, 4) is 0 Å². The molecule has 8 rings (SSSR count). The Bertz CT molecular complexity index is 5940. The van der Waals surface area contributed by atoms with Gasteiger partial charge in [0.15, 0.2) is 0 Å². The van der Waals surface area contributed by atoms with Crippen LogP contribution in [0.3, 0.4) is 0 Å². The summed E-state index contributed by atoms with van der Waals surface area (Å²) in [5.74, 6) is 0. The first-order chi connectivity index (χ1) is 68.7. The monoisotopic (exact) mass is 2210 g/mol. The third-order valence-electron chi connectivity index (χ3n) is 27.7. The predicted molar refractivity (Wildman–Crippen MR) is 679 cm³/mol. The summed E-state index contributed by atoms with van der Waals surface area (Å²) in [6.45, 7) is 77.7. The minimum atomic E-state index is -0.0240. The molecule has 0 bridgehead atoms. The summed E-state index contributed by atoms with van der Waals surface area (Å²) < 4.78 is 4.30. The van der Waals surface area contributed by atoms with Crippen molar-refractivity contribution in [3.05, 3.63) is 146 Å². The molecule has 0 aliphatic rings. The second-order valence-electron chi connectivity index (χ2n) is 51.1. The molecular formula is C122H207N11O8S8. The fourth-order valence-electron chi connectivity index (χ4n) is 18.3. The number of hydrogen-bond donors (Lipinski definition) is 3. The van der Waals surface area contributed by atoms with E-state index in [1.54, 1.807) is 14.1 Å². The second-order valence-corrected chi connectivity index (χ2v) is 54.4. The van der Waals surface area contributed by atoms with Crippen LogP contribution in [0.15, 0.2) is 38.4 Å². The van der Waals surface area contributed by atoms with Crippen LogP contribution >= 0.6 is 97.7 Å². The first-order valence-electron chi connectivity index (χ1n) is 56.2. The average Bonchev–Trinajstić information content (AvgIpc) is 0.752.